The number of aromatic hydroxyl groups is 1. The van der Waals surface area contributed by atoms with Gasteiger partial charge in [-0.25, -0.2) is 36.8 Å². The minimum atomic E-state index is -5.25. The third-order valence-electron chi connectivity index (χ3n) is 7.04. The van der Waals surface area contributed by atoms with E-state index in [0.717, 1.165) is 30.3 Å². The molecule has 0 amide bonds. The minimum Gasteiger partial charge on any atom is -0.505 e. The predicted octanol–water partition coefficient (Wildman–Crippen LogP) is 5.43. The largest absolute Gasteiger partial charge is 0.505 e. The fourth-order valence-corrected chi connectivity index (χ4v) is 9.17. The van der Waals surface area contributed by atoms with E-state index in [4.69, 9.17) is 30.2 Å². The molecule has 0 saturated carbocycles. The van der Waals surface area contributed by atoms with Gasteiger partial charge in [-0.3, -0.25) is 13.3 Å². The molecule has 4 aromatic carbocycles. The quantitative estimate of drug-likeness (QED) is 0.00926. The van der Waals surface area contributed by atoms with Gasteiger partial charge < -0.3 is 10.8 Å². The summed E-state index contributed by atoms with van der Waals surface area (Å²) in [7, 11) is -18.4. The lowest BCUT2D eigenvalue weighted by molar-refractivity contribution is -0.434. The van der Waals surface area contributed by atoms with Crippen LogP contribution < -0.4 is 5.73 Å². The molecule has 0 aliphatic rings. The number of azo groups is 2. The Hall–Kier alpha value is -3.73. The number of nitrogens with two attached hydrogens (primary N) is 1. The number of rotatable bonds is 23. The van der Waals surface area contributed by atoms with Gasteiger partial charge in [0.2, 0.25) is 0 Å². The highest BCUT2D eigenvalue weighted by molar-refractivity contribution is 7.95. The van der Waals surface area contributed by atoms with Gasteiger partial charge >= 0.3 is 10.4 Å². The molecule has 0 aliphatic carbocycles. The smallest absolute Gasteiger partial charge is 0.397 e. The number of hydrogen-bond donors (Lipinski definition) is 7. The Bertz CT molecular complexity index is 2690. The number of phenols is 1. The van der Waals surface area contributed by atoms with Crippen LogP contribution in [0.1, 0.15) is 0 Å². The SMILES string of the molecule is Nc1c(N=Nc2ccc(S(=O)(=O)CCOSOOO)cc2)c(SOOO)cc2cc(S(=O)(=O)O)c(N=Nc3ccc(S(=O)(=O)CCOS(=O)(=O)O)cc3SOOO)c(O)c12. The Morgan fingerprint density at radius 3 is 1.85 bits per heavy atom. The van der Waals surface area contributed by atoms with Crippen LogP contribution in [0.2, 0.25) is 0 Å². The topological polar surface area (TPSA) is 407 Å². The zero-order chi connectivity index (χ0) is 44.3. The van der Waals surface area contributed by atoms with Crippen LogP contribution in [0.4, 0.5) is 28.4 Å². The van der Waals surface area contributed by atoms with Gasteiger partial charge in [0.25, 0.3) is 10.1 Å². The molecule has 0 radical (unpaired) electrons. The molecule has 34 heteroatoms. The normalized spacial score (nSPS) is 12.9. The van der Waals surface area contributed by atoms with Crippen molar-refractivity contribution in [2.45, 2.75) is 24.5 Å². The first kappa shape index (κ1) is 48.9. The van der Waals surface area contributed by atoms with Crippen LogP contribution in [0, 0.1) is 0 Å². The van der Waals surface area contributed by atoms with Crippen LogP contribution in [-0.4, -0.2) is 88.4 Å². The Kier molecular flexibility index (Phi) is 17.4. The van der Waals surface area contributed by atoms with Crippen LogP contribution >= 0.6 is 36.4 Å². The van der Waals surface area contributed by atoms with Crippen molar-refractivity contribution in [1.29, 1.82) is 0 Å². The predicted molar refractivity (Wildman–Crippen MR) is 202 cm³/mol. The van der Waals surface area contributed by atoms with Gasteiger partial charge in [-0.15, -0.1) is 28.3 Å². The second kappa shape index (κ2) is 21.4. The van der Waals surface area contributed by atoms with Crippen LogP contribution in [0.5, 0.6) is 5.75 Å². The molecule has 0 aromatic heterocycles. The van der Waals surface area contributed by atoms with Gasteiger partial charge in [0.1, 0.15) is 22.0 Å². The molecule has 0 atom stereocenters. The Morgan fingerprint density at radius 2 is 1.23 bits per heavy atom. The first-order valence-corrected chi connectivity index (χ1v) is 23.3. The first-order chi connectivity index (χ1) is 28.2. The van der Waals surface area contributed by atoms with Crippen LogP contribution in [0.25, 0.3) is 10.8 Å². The van der Waals surface area contributed by atoms with E-state index in [1.54, 1.807) is 0 Å². The van der Waals surface area contributed by atoms with E-state index >= 15 is 0 Å². The van der Waals surface area contributed by atoms with Crippen molar-refractivity contribution in [3.63, 3.8) is 0 Å². The van der Waals surface area contributed by atoms with Gasteiger partial charge in [0.05, 0.1) is 85.1 Å². The number of hydrogen-bond acceptors (Lipinski definition) is 28. The van der Waals surface area contributed by atoms with E-state index in [1.165, 1.54) is 24.3 Å². The molecular formula is C26H25N5O22S7. The number of sulfone groups is 2. The Labute approximate surface area is 350 Å². The number of nitrogens with zero attached hydrogens (tertiary/aromatic N) is 4. The molecule has 0 spiro atoms. The Morgan fingerprint density at radius 1 is 0.650 bits per heavy atom. The van der Waals surface area contributed by atoms with Gasteiger partial charge in [-0.2, -0.15) is 21.9 Å². The third kappa shape index (κ3) is 13.4. The number of fused-ring (bicyclic) bond motifs is 1. The molecule has 4 rings (SSSR count). The average molecular weight is 984 g/mol. The highest BCUT2D eigenvalue weighted by Crippen LogP contribution is 2.49. The summed E-state index contributed by atoms with van der Waals surface area (Å²) in [6.07, 6.45) is 0. The average Bonchev–Trinajstić information content (AvgIpc) is 3.17. The summed E-state index contributed by atoms with van der Waals surface area (Å²) in [5, 5.41) is 62.5. The van der Waals surface area contributed by atoms with Crippen molar-refractivity contribution < 1.29 is 100 Å². The second-order valence-corrected chi connectivity index (χ2v) is 19.4. The summed E-state index contributed by atoms with van der Waals surface area (Å²) in [6, 6.07) is 9.61. The van der Waals surface area contributed by atoms with Crippen LogP contribution in [0.15, 0.2) is 99.5 Å². The van der Waals surface area contributed by atoms with Gasteiger partial charge in [0.15, 0.2) is 37.7 Å². The molecule has 328 valence electrons. The van der Waals surface area contributed by atoms with Crippen LogP contribution in [0.3, 0.4) is 0 Å². The Balaban J connectivity index is 1.78. The molecule has 0 bridgehead atoms. The summed E-state index contributed by atoms with van der Waals surface area (Å²) in [6.45, 7) is -1.33. The monoisotopic (exact) mass is 983 g/mol. The number of phenolic OH excluding ortho intramolecular Hbond substituents is 1. The molecule has 0 saturated heterocycles. The maximum Gasteiger partial charge on any atom is 0.397 e. The zero-order valence-corrected chi connectivity index (χ0v) is 34.7. The van der Waals surface area contributed by atoms with E-state index in [0.29, 0.717) is 0 Å². The summed E-state index contributed by atoms with van der Waals surface area (Å²) < 4.78 is 138. The molecule has 8 N–H and O–H groups in total. The van der Waals surface area contributed by atoms with Gasteiger partial charge in [-0.05, 0) is 60.0 Å². The molecule has 60 heavy (non-hydrogen) atoms. The van der Waals surface area contributed by atoms with E-state index < -0.39 is 85.2 Å². The maximum atomic E-state index is 12.8. The summed E-state index contributed by atoms with van der Waals surface area (Å²) in [5.41, 5.74) is 4.42. The molecule has 4 aromatic rings. The maximum absolute atomic E-state index is 12.8. The van der Waals surface area contributed by atoms with Gasteiger partial charge in [0, 0.05) is 0 Å². The molecule has 0 fully saturated rings. The molecule has 27 nitrogen and oxygen atoms in total. The van der Waals surface area contributed by atoms with Crippen molar-refractivity contribution in [3.8, 4) is 5.75 Å². The first-order valence-electron chi connectivity index (χ1n) is 15.0. The molecule has 0 unspecified atom stereocenters. The summed E-state index contributed by atoms with van der Waals surface area (Å²) >= 11 is 0.630. The highest BCUT2D eigenvalue weighted by Gasteiger charge is 2.26. The number of nitrogen functional groups attached to an aromatic ring is 1. The lowest BCUT2D eigenvalue weighted by Crippen LogP contribution is -2.15. The van der Waals surface area contributed by atoms with Crippen molar-refractivity contribution >= 4 is 116 Å². The van der Waals surface area contributed by atoms with Crippen molar-refractivity contribution in [2.24, 2.45) is 20.5 Å². The molecule has 0 aliphatic heterocycles. The fraction of sp³-hybridized carbons (Fsp3) is 0.154. The van der Waals surface area contributed by atoms with Gasteiger partial charge in [-0.1, -0.05) is 15.1 Å². The van der Waals surface area contributed by atoms with E-state index in [1.807, 2.05) is 0 Å². The lowest BCUT2D eigenvalue weighted by atomic mass is 10.1. The standard InChI is InChI=1S/C26H25N5O22S7/c27-23-22-14(11-20(55-52-49-34)24(23)30-28-15-1-3-16(4-2-15)57(36,37)9-7-46-56-53-50-35)12-21(59(40,41)42)25(26(22)32)31-29-18-6-5-17(13-19(18)54-51-48-33)58(38,39)10-8-47-60(43,44)45/h1-6,11-13,32-35H,7-10,27H2,(H,40,41,42)(H,43,44,45). The highest BCUT2D eigenvalue weighted by atomic mass is 32.3. The number of benzene rings is 4. The molecular weight excluding hydrogens is 959 g/mol. The van der Waals surface area contributed by atoms with E-state index in [-0.39, 0.29) is 85.5 Å². The van der Waals surface area contributed by atoms with Crippen molar-refractivity contribution in [2.75, 3.05) is 30.5 Å². The summed E-state index contributed by atoms with van der Waals surface area (Å²) in [4.78, 5) is -2.12. The second-order valence-electron chi connectivity index (χ2n) is 10.7. The third-order valence-corrected chi connectivity index (χ3v) is 13.4. The van der Waals surface area contributed by atoms with E-state index in [9.17, 15) is 43.3 Å². The molecule has 0 heterocycles. The fourth-order valence-electron chi connectivity index (χ4n) is 4.54. The van der Waals surface area contributed by atoms with Crippen molar-refractivity contribution in [3.05, 3.63) is 54.6 Å². The summed E-state index contributed by atoms with van der Waals surface area (Å²) in [5.74, 6) is -2.47. The minimum absolute atomic E-state index is 0.0546. The lowest BCUT2D eigenvalue weighted by Gasteiger charge is -2.14. The van der Waals surface area contributed by atoms with E-state index in [2.05, 4.69) is 52.8 Å². The number of anilines is 1. The van der Waals surface area contributed by atoms with Crippen molar-refractivity contribution in [1.82, 2.24) is 0 Å². The zero-order valence-electron chi connectivity index (χ0n) is 29.0. The van der Waals surface area contributed by atoms with Crippen LogP contribution in [-0.2, 0) is 76.7 Å².